The van der Waals surface area contributed by atoms with Crippen molar-refractivity contribution in [2.75, 3.05) is 38.7 Å². The van der Waals surface area contributed by atoms with E-state index < -0.39 is 0 Å². The highest BCUT2D eigenvalue weighted by atomic mass is 16.3. The van der Waals surface area contributed by atoms with Gasteiger partial charge in [-0.2, -0.15) is 0 Å². The second-order valence-electron chi connectivity index (χ2n) is 4.67. The number of amides is 1. The summed E-state index contributed by atoms with van der Waals surface area (Å²) >= 11 is 0. The first-order valence-corrected chi connectivity index (χ1v) is 6.63. The SMILES string of the molecule is CCCCN(CCO)C(=O)c1ccnc(N(C)C)c1. The predicted octanol–water partition coefficient (Wildman–Crippen LogP) is 1.38. The summed E-state index contributed by atoms with van der Waals surface area (Å²) in [5.74, 6) is 0.707. The Hall–Kier alpha value is -1.62. The molecule has 1 amide bonds. The van der Waals surface area contributed by atoms with Crippen LogP contribution in [0.25, 0.3) is 0 Å². The Labute approximate surface area is 114 Å². The van der Waals surface area contributed by atoms with E-state index in [0.29, 0.717) is 18.7 Å². The Kier molecular flexibility index (Phi) is 6.29. The largest absolute Gasteiger partial charge is 0.395 e. The number of anilines is 1. The molecule has 5 heteroatoms. The van der Waals surface area contributed by atoms with Gasteiger partial charge in [-0.05, 0) is 18.6 Å². The fraction of sp³-hybridized carbons (Fsp3) is 0.571. The molecular formula is C14H23N3O2. The zero-order chi connectivity index (χ0) is 14.3. The van der Waals surface area contributed by atoms with E-state index in [1.54, 1.807) is 23.2 Å². The molecular weight excluding hydrogens is 242 g/mol. The standard InChI is InChI=1S/C14H23N3O2/c1-4-5-8-17(9-10-18)14(19)12-6-7-15-13(11-12)16(2)3/h6-7,11,18H,4-5,8-10H2,1-3H3. The molecule has 0 radical (unpaired) electrons. The van der Waals surface area contributed by atoms with E-state index in [0.717, 1.165) is 18.7 Å². The minimum absolute atomic E-state index is 0.0128. The summed E-state index contributed by atoms with van der Waals surface area (Å²) in [5.41, 5.74) is 0.614. The third kappa shape index (κ3) is 4.52. The van der Waals surface area contributed by atoms with Gasteiger partial charge in [-0.15, -0.1) is 0 Å². The van der Waals surface area contributed by atoms with E-state index in [1.165, 1.54) is 0 Å². The number of unbranched alkanes of at least 4 members (excludes halogenated alkanes) is 1. The Bertz CT molecular complexity index is 407. The van der Waals surface area contributed by atoms with Crippen LogP contribution in [0.4, 0.5) is 5.82 Å². The smallest absolute Gasteiger partial charge is 0.254 e. The molecule has 0 atom stereocenters. The number of rotatable bonds is 7. The molecule has 19 heavy (non-hydrogen) atoms. The van der Waals surface area contributed by atoms with E-state index in [9.17, 15) is 4.79 Å². The van der Waals surface area contributed by atoms with Crippen LogP contribution in [-0.4, -0.2) is 54.7 Å². The average molecular weight is 265 g/mol. The molecule has 0 aliphatic rings. The van der Waals surface area contributed by atoms with E-state index >= 15 is 0 Å². The number of aliphatic hydroxyl groups is 1. The van der Waals surface area contributed by atoms with Crippen LogP contribution in [0.2, 0.25) is 0 Å². The van der Waals surface area contributed by atoms with E-state index in [1.807, 2.05) is 19.0 Å². The number of aliphatic hydroxyl groups excluding tert-OH is 1. The van der Waals surface area contributed by atoms with Gasteiger partial charge in [0.15, 0.2) is 0 Å². The molecule has 5 nitrogen and oxygen atoms in total. The molecule has 1 heterocycles. The van der Waals surface area contributed by atoms with Gasteiger partial charge in [0.1, 0.15) is 5.82 Å². The van der Waals surface area contributed by atoms with Crippen molar-refractivity contribution < 1.29 is 9.90 Å². The zero-order valence-electron chi connectivity index (χ0n) is 12.0. The van der Waals surface area contributed by atoms with Crippen molar-refractivity contribution >= 4 is 11.7 Å². The third-order valence-electron chi connectivity index (χ3n) is 2.89. The first kappa shape index (κ1) is 15.4. The van der Waals surface area contributed by atoms with Crippen LogP contribution in [-0.2, 0) is 0 Å². The Balaban J connectivity index is 2.85. The number of carbonyl (C=O) groups excluding carboxylic acids is 1. The molecule has 1 N–H and O–H groups in total. The molecule has 0 aliphatic heterocycles. The van der Waals surface area contributed by atoms with Gasteiger partial charge in [-0.3, -0.25) is 4.79 Å². The van der Waals surface area contributed by atoms with Gasteiger partial charge >= 0.3 is 0 Å². The Morgan fingerprint density at radius 1 is 1.37 bits per heavy atom. The molecule has 0 bridgehead atoms. The minimum Gasteiger partial charge on any atom is -0.395 e. The highest BCUT2D eigenvalue weighted by Gasteiger charge is 2.15. The molecule has 0 saturated carbocycles. The summed E-state index contributed by atoms with van der Waals surface area (Å²) < 4.78 is 0. The van der Waals surface area contributed by atoms with Crippen LogP contribution in [0, 0.1) is 0 Å². The van der Waals surface area contributed by atoms with E-state index in [4.69, 9.17) is 5.11 Å². The number of pyridine rings is 1. The Morgan fingerprint density at radius 3 is 2.68 bits per heavy atom. The van der Waals surface area contributed by atoms with Gasteiger partial charge < -0.3 is 14.9 Å². The summed E-state index contributed by atoms with van der Waals surface area (Å²) in [6.07, 6.45) is 3.60. The van der Waals surface area contributed by atoms with E-state index in [2.05, 4.69) is 11.9 Å². The molecule has 0 fully saturated rings. The summed E-state index contributed by atoms with van der Waals surface area (Å²) in [4.78, 5) is 20.1. The summed E-state index contributed by atoms with van der Waals surface area (Å²) in [7, 11) is 3.78. The molecule has 0 aromatic carbocycles. The molecule has 1 rings (SSSR count). The highest BCUT2D eigenvalue weighted by molar-refractivity contribution is 5.94. The van der Waals surface area contributed by atoms with E-state index in [-0.39, 0.29) is 12.5 Å². The maximum absolute atomic E-state index is 12.4. The summed E-state index contributed by atoms with van der Waals surface area (Å²) in [6, 6.07) is 3.49. The lowest BCUT2D eigenvalue weighted by Crippen LogP contribution is -2.34. The van der Waals surface area contributed by atoms with Crippen LogP contribution in [0.5, 0.6) is 0 Å². The van der Waals surface area contributed by atoms with Crippen LogP contribution in [0.3, 0.4) is 0 Å². The van der Waals surface area contributed by atoms with Gasteiger partial charge in [0.05, 0.1) is 6.61 Å². The second-order valence-corrected chi connectivity index (χ2v) is 4.67. The van der Waals surface area contributed by atoms with Crippen LogP contribution in [0.1, 0.15) is 30.1 Å². The van der Waals surface area contributed by atoms with Crippen molar-refractivity contribution in [3.8, 4) is 0 Å². The predicted molar refractivity (Wildman–Crippen MR) is 76.5 cm³/mol. The lowest BCUT2D eigenvalue weighted by Gasteiger charge is -2.22. The number of aromatic nitrogens is 1. The molecule has 0 saturated heterocycles. The van der Waals surface area contributed by atoms with Crippen molar-refractivity contribution in [1.29, 1.82) is 0 Å². The number of nitrogens with zero attached hydrogens (tertiary/aromatic N) is 3. The lowest BCUT2D eigenvalue weighted by molar-refractivity contribution is 0.0719. The normalized spacial score (nSPS) is 10.3. The van der Waals surface area contributed by atoms with Crippen LogP contribution >= 0.6 is 0 Å². The molecule has 0 aliphatic carbocycles. The van der Waals surface area contributed by atoms with Crippen molar-refractivity contribution in [3.05, 3.63) is 23.9 Å². The number of hydrogen-bond acceptors (Lipinski definition) is 4. The van der Waals surface area contributed by atoms with Crippen molar-refractivity contribution in [2.24, 2.45) is 0 Å². The maximum atomic E-state index is 12.4. The topological polar surface area (TPSA) is 56.7 Å². The average Bonchev–Trinajstić information content (AvgIpc) is 2.42. The maximum Gasteiger partial charge on any atom is 0.254 e. The number of hydrogen-bond donors (Lipinski definition) is 1. The summed E-state index contributed by atoms with van der Waals surface area (Å²) in [5, 5.41) is 9.06. The fourth-order valence-corrected chi connectivity index (χ4v) is 1.76. The fourth-order valence-electron chi connectivity index (χ4n) is 1.76. The van der Waals surface area contributed by atoms with Crippen molar-refractivity contribution in [1.82, 2.24) is 9.88 Å². The van der Waals surface area contributed by atoms with Crippen molar-refractivity contribution in [3.63, 3.8) is 0 Å². The molecule has 106 valence electrons. The highest BCUT2D eigenvalue weighted by Crippen LogP contribution is 2.12. The first-order chi connectivity index (χ1) is 9.10. The van der Waals surface area contributed by atoms with Gasteiger partial charge in [0.2, 0.25) is 0 Å². The van der Waals surface area contributed by atoms with Gasteiger partial charge in [0, 0.05) is 38.9 Å². The monoisotopic (exact) mass is 265 g/mol. The zero-order valence-corrected chi connectivity index (χ0v) is 12.0. The summed E-state index contributed by atoms with van der Waals surface area (Å²) in [6.45, 7) is 3.12. The quantitative estimate of drug-likeness (QED) is 0.809. The molecule has 1 aromatic rings. The minimum atomic E-state index is -0.0481. The first-order valence-electron chi connectivity index (χ1n) is 6.63. The van der Waals surface area contributed by atoms with Gasteiger partial charge in [0.25, 0.3) is 5.91 Å². The molecule has 0 spiro atoms. The van der Waals surface area contributed by atoms with Crippen LogP contribution in [0.15, 0.2) is 18.3 Å². The van der Waals surface area contributed by atoms with Gasteiger partial charge in [-0.25, -0.2) is 4.98 Å². The number of carbonyl (C=O) groups is 1. The molecule has 0 unspecified atom stereocenters. The van der Waals surface area contributed by atoms with Crippen molar-refractivity contribution in [2.45, 2.75) is 19.8 Å². The van der Waals surface area contributed by atoms with Crippen LogP contribution < -0.4 is 4.90 Å². The van der Waals surface area contributed by atoms with Gasteiger partial charge in [-0.1, -0.05) is 13.3 Å². The second kappa shape index (κ2) is 7.74. The Morgan fingerprint density at radius 2 is 2.11 bits per heavy atom. The lowest BCUT2D eigenvalue weighted by atomic mass is 10.2. The molecule has 1 aromatic heterocycles. The third-order valence-corrected chi connectivity index (χ3v) is 2.89.